The highest BCUT2D eigenvalue weighted by Crippen LogP contribution is 2.19. The number of rotatable bonds is 4. The molecule has 1 aromatic rings. The van der Waals surface area contributed by atoms with Crippen molar-refractivity contribution in [2.45, 2.75) is 19.9 Å². The van der Waals surface area contributed by atoms with E-state index < -0.39 is 0 Å². The van der Waals surface area contributed by atoms with Gasteiger partial charge in [-0.2, -0.15) is 0 Å². The van der Waals surface area contributed by atoms with Gasteiger partial charge in [0.05, 0.1) is 0 Å². The number of likely N-dealkylation sites (tertiary alicyclic amines) is 1. The summed E-state index contributed by atoms with van der Waals surface area (Å²) < 4.78 is 0. The largest absolute Gasteiger partial charge is 0.319 e. The molecule has 17 heavy (non-hydrogen) atoms. The molecule has 1 unspecified atom stereocenters. The Labute approximate surface area is 111 Å². The summed E-state index contributed by atoms with van der Waals surface area (Å²) in [5.74, 6) is 0.842. The molecule has 96 valence electrons. The van der Waals surface area contributed by atoms with Crippen LogP contribution in [0, 0.1) is 12.8 Å². The van der Waals surface area contributed by atoms with Gasteiger partial charge < -0.3 is 5.32 Å². The van der Waals surface area contributed by atoms with Gasteiger partial charge in [-0.15, -0.1) is 12.4 Å². The highest BCUT2D eigenvalue weighted by molar-refractivity contribution is 5.85. The molecular formula is C14H23ClN2. The molecular weight excluding hydrogens is 232 g/mol. The highest BCUT2D eigenvalue weighted by atomic mass is 35.5. The maximum atomic E-state index is 3.28. The minimum atomic E-state index is 0. The van der Waals surface area contributed by atoms with Gasteiger partial charge in [0.15, 0.2) is 0 Å². The van der Waals surface area contributed by atoms with E-state index in [4.69, 9.17) is 0 Å². The summed E-state index contributed by atoms with van der Waals surface area (Å²) in [4.78, 5) is 2.57. The first-order valence-electron chi connectivity index (χ1n) is 6.21. The molecule has 1 atom stereocenters. The van der Waals surface area contributed by atoms with Crippen molar-refractivity contribution in [3.8, 4) is 0 Å². The third kappa shape index (κ3) is 3.98. The van der Waals surface area contributed by atoms with Crippen molar-refractivity contribution in [1.82, 2.24) is 10.2 Å². The van der Waals surface area contributed by atoms with E-state index in [9.17, 15) is 0 Å². The van der Waals surface area contributed by atoms with Gasteiger partial charge in [-0.25, -0.2) is 0 Å². The Morgan fingerprint density at radius 1 is 1.35 bits per heavy atom. The predicted octanol–water partition coefficient (Wildman–Crippen LogP) is 2.46. The first-order valence-corrected chi connectivity index (χ1v) is 6.21. The maximum Gasteiger partial charge on any atom is 0.0236 e. The Morgan fingerprint density at radius 3 is 2.82 bits per heavy atom. The summed E-state index contributed by atoms with van der Waals surface area (Å²) >= 11 is 0. The average molecular weight is 255 g/mol. The number of nitrogens with zero attached hydrogens (tertiary/aromatic N) is 1. The fourth-order valence-corrected chi connectivity index (χ4v) is 2.54. The molecule has 0 aliphatic carbocycles. The summed E-state index contributed by atoms with van der Waals surface area (Å²) in [6.07, 6.45) is 1.34. The van der Waals surface area contributed by atoms with Crippen molar-refractivity contribution in [3.63, 3.8) is 0 Å². The van der Waals surface area contributed by atoms with E-state index in [1.165, 1.54) is 30.6 Å². The molecule has 1 saturated heterocycles. The van der Waals surface area contributed by atoms with Crippen LogP contribution in [0.1, 0.15) is 17.5 Å². The molecule has 2 rings (SSSR count). The Balaban J connectivity index is 0.00000144. The molecule has 0 saturated carbocycles. The van der Waals surface area contributed by atoms with Crippen molar-refractivity contribution >= 4 is 12.4 Å². The van der Waals surface area contributed by atoms with Crippen LogP contribution in [0.4, 0.5) is 0 Å². The van der Waals surface area contributed by atoms with E-state index in [0.29, 0.717) is 0 Å². The van der Waals surface area contributed by atoms with Crippen molar-refractivity contribution in [1.29, 1.82) is 0 Å². The van der Waals surface area contributed by atoms with Crippen LogP contribution in [0.5, 0.6) is 0 Å². The molecule has 0 radical (unpaired) electrons. The second-order valence-electron chi connectivity index (χ2n) is 4.87. The van der Waals surface area contributed by atoms with Gasteiger partial charge in [-0.05, 0) is 50.5 Å². The molecule has 1 aliphatic rings. The average Bonchev–Trinajstić information content (AvgIpc) is 2.70. The van der Waals surface area contributed by atoms with Crippen molar-refractivity contribution < 1.29 is 0 Å². The normalized spacial score (nSPS) is 20.2. The van der Waals surface area contributed by atoms with Gasteiger partial charge in [-0.1, -0.05) is 24.3 Å². The number of benzene rings is 1. The molecule has 1 aromatic carbocycles. The van der Waals surface area contributed by atoms with Gasteiger partial charge in [0, 0.05) is 13.1 Å². The topological polar surface area (TPSA) is 15.3 Å². The van der Waals surface area contributed by atoms with Crippen LogP contribution in [0.3, 0.4) is 0 Å². The zero-order chi connectivity index (χ0) is 11.4. The molecule has 0 bridgehead atoms. The van der Waals surface area contributed by atoms with Crippen LogP contribution in [0.15, 0.2) is 24.3 Å². The molecule has 1 aliphatic heterocycles. The maximum absolute atomic E-state index is 3.28. The van der Waals surface area contributed by atoms with Gasteiger partial charge in [0.1, 0.15) is 0 Å². The van der Waals surface area contributed by atoms with Gasteiger partial charge >= 0.3 is 0 Å². The fraction of sp³-hybridized carbons (Fsp3) is 0.571. The third-order valence-electron chi connectivity index (χ3n) is 3.52. The van der Waals surface area contributed by atoms with Crippen molar-refractivity contribution in [2.75, 3.05) is 26.7 Å². The summed E-state index contributed by atoms with van der Waals surface area (Å²) in [7, 11) is 2.05. The smallest absolute Gasteiger partial charge is 0.0236 e. The standard InChI is InChI=1S/C14H22N2.ClH/c1-12-5-3-4-6-14(12)11-16-8-7-13(10-16)9-15-2;/h3-6,13,15H,7-11H2,1-2H3;1H. The lowest BCUT2D eigenvalue weighted by atomic mass is 10.1. The van der Waals surface area contributed by atoms with Crippen LogP contribution in [-0.4, -0.2) is 31.6 Å². The molecule has 0 spiro atoms. The number of aryl methyl sites for hydroxylation is 1. The van der Waals surface area contributed by atoms with Crippen LogP contribution in [-0.2, 0) is 6.54 Å². The summed E-state index contributed by atoms with van der Waals surface area (Å²) in [6.45, 7) is 6.98. The molecule has 0 aromatic heterocycles. The molecule has 1 N–H and O–H groups in total. The summed E-state index contributed by atoms with van der Waals surface area (Å²) in [6, 6.07) is 8.72. The summed E-state index contributed by atoms with van der Waals surface area (Å²) in [5, 5.41) is 3.28. The Morgan fingerprint density at radius 2 is 2.12 bits per heavy atom. The van der Waals surface area contributed by atoms with Gasteiger partial charge in [0.2, 0.25) is 0 Å². The molecule has 1 fully saturated rings. The second kappa shape index (κ2) is 7.00. The van der Waals surface area contributed by atoms with Crippen molar-refractivity contribution in [3.05, 3.63) is 35.4 Å². The van der Waals surface area contributed by atoms with E-state index in [0.717, 1.165) is 19.0 Å². The van der Waals surface area contributed by atoms with Gasteiger partial charge in [-0.3, -0.25) is 4.90 Å². The Kier molecular flexibility index (Phi) is 5.96. The Hall–Kier alpha value is -0.570. The van der Waals surface area contributed by atoms with Gasteiger partial charge in [0.25, 0.3) is 0 Å². The number of nitrogens with one attached hydrogen (secondary N) is 1. The van der Waals surface area contributed by atoms with Crippen LogP contribution in [0.25, 0.3) is 0 Å². The quantitative estimate of drug-likeness (QED) is 0.888. The first kappa shape index (κ1) is 14.5. The lowest BCUT2D eigenvalue weighted by Crippen LogP contribution is -2.24. The minimum Gasteiger partial charge on any atom is -0.319 e. The molecule has 0 amide bonds. The predicted molar refractivity (Wildman–Crippen MR) is 75.7 cm³/mol. The zero-order valence-corrected chi connectivity index (χ0v) is 11.6. The monoisotopic (exact) mass is 254 g/mol. The van der Waals surface area contributed by atoms with Crippen LogP contribution < -0.4 is 5.32 Å². The van der Waals surface area contributed by atoms with E-state index in [-0.39, 0.29) is 12.4 Å². The van der Waals surface area contributed by atoms with Crippen LogP contribution >= 0.6 is 12.4 Å². The van der Waals surface area contributed by atoms with E-state index in [2.05, 4.69) is 41.4 Å². The second-order valence-corrected chi connectivity index (χ2v) is 4.87. The van der Waals surface area contributed by atoms with Crippen molar-refractivity contribution in [2.24, 2.45) is 5.92 Å². The first-order chi connectivity index (χ1) is 7.79. The molecule has 1 heterocycles. The van der Waals surface area contributed by atoms with E-state index in [1.54, 1.807) is 0 Å². The number of hydrogen-bond acceptors (Lipinski definition) is 2. The molecule has 3 heteroatoms. The number of hydrogen-bond donors (Lipinski definition) is 1. The van der Waals surface area contributed by atoms with E-state index >= 15 is 0 Å². The fourth-order valence-electron chi connectivity index (χ4n) is 2.54. The highest BCUT2D eigenvalue weighted by Gasteiger charge is 2.21. The third-order valence-corrected chi connectivity index (χ3v) is 3.52. The lowest BCUT2D eigenvalue weighted by molar-refractivity contribution is 0.315. The molecule has 2 nitrogen and oxygen atoms in total. The van der Waals surface area contributed by atoms with Crippen LogP contribution in [0.2, 0.25) is 0 Å². The van der Waals surface area contributed by atoms with E-state index in [1.807, 2.05) is 7.05 Å². The SMILES string of the molecule is CNCC1CCN(Cc2ccccc2C)C1.Cl. The summed E-state index contributed by atoms with van der Waals surface area (Å²) in [5.41, 5.74) is 2.90. The zero-order valence-electron chi connectivity index (χ0n) is 10.8. The number of halogens is 1. The minimum absolute atomic E-state index is 0. The lowest BCUT2D eigenvalue weighted by Gasteiger charge is -2.17. The Bertz CT molecular complexity index is 341.